The number of benzene rings is 1. The Labute approximate surface area is 112 Å². The maximum atomic E-state index is 12.1. The van der Waals surface area contributed by atoms with Gasteiger partial charge in [0, 0.05) is 6.61 Å². The van der Waals surface area contributed by atoms with Gasteiger partial charge in [0.05, 0.1) is 24.8 Å². The largest absolute Gasteiger partial charge is 0.504 e. The van der Waals surface area contributed by atoms with Crippen molar-refractivity contribution < 1.29 is 19.4 Å². The van der Waals surface area contributed by atoms with Gasteiger partial charge in [0.15, 0.2) is 11.5 Å². The van der Waals surface area contributed by atoms with Gasteiger partial charge in [0.1, 0.15) is 0 Å². The van der Waals surface area contributed by atoms with E-state index in [2.05, 4.69) is 5.32 Å². The molecule has 2 rings (SSSR count). The van der Waals surface area contributed by atoms with Crippen molar-refractivity contribution in [1.29, 1.82) is 0 Å². The van der Waals surface area contributed by atoms with Crippen molar-refractivity contribution in [3.8, 4) is 11.5 Å². The normalized spacial score (nSPS) is 20.0. The maximum absolute atomic E-state index is 12.1. The Bertz CT molecular complexity index is 455. The zero-order valence-electron chi connectivity index (χ0n) is 11.2. The van der Waals surface area contributed by atoms with E-state index in [1.54, 1.807) is 18.2 Å². The SMILES string of the molecule is COc1cccc(C(=O)NC(C)C2CCCO2)c1O. The molecule has 0 bridgehead atoms. The molecule has 1 amide bonds. The topological polar surface area (TPSA) is 67.8 Å². The molecule has 1 aliphatic rings. The number of methoxy groups -OCH3 is 1. The van der Waals surface area contributed by atoms with Crippen LogP contribution >= 0.6 is 0 Å². The van der Waals surface area contributed by atoms with Crippen molar-refractivity contribution in [2.45, 2.75) is 31.9 Å². The van der Waals surface area contributed by atoms with Crippen molar-refractivity contribution in [3.05, 3.63) is 23.8 Å². The number of nitrogens with one attached hydrogen (secondary N) is 1. The summed E-state index contributed by atoms with van der Waals surface area (Å²) >= 11 is 0. The van der Waals surface area contributed by atoms with Gasteiger partial charge in [-0.3, -0.25) is 4.79 Å². The predicted molar refractivity (Wildman–Crippen MR) is 70.6 cm³/mol. The van der Waals surface area contributed by atoms with Gasteiger partial charge in [-0.15, -0.1) is 0 Å². The molecule has 0 saturated carbocycles. The number of amides is 1. The Morgan fingerprint density at radius 1 is 1.58 bits per heavy atom. The average Bonchev–Trinajstić information content (AvgIpc) is 2.92. The number of ether oxygens (including phenoxy) is 2. The number of phenolic OH excluding ortho intramolecular Hbond substituents is 1. The van der Waals surface area contributed by atoms with Crippen molar-refractivity contribution in [2.75, 3.05) is 13.7 Å². The first-order valence-corrected chi connectivity index (χ1v) is 6.42. The van der Waals surface area contributed by atoms with Crippen LogP contribution in [0.3, 0.4) is 0 Å². The first kappa shape index (κ1) is 13.7. The van der Waals surface area contributed by atoms with Gasteiger partial charge in [-0.25, -0.2) is 0 Å². The van der Waals surface area contributed by atoms with E-state index >= 15 is 0 Å². The summed E-state index contributed by atoms with van der Waals surface area (Å²) in [6.07, 6.45) is 2.03. The zero-order valence-corrected chi connectivity index (χ0v) is 11.2. The summed E-state index contributed by atoms with van der Waals surface area (Å²) in [6, 6.07) is 4.76. The molecule has 19 heavy (non-hydrogen) atoms. The summed E-state index contributed by atoms with van der Waals surface area (Å²) < 4.78 is 10.5. The summed E-state index contributed by atoms with van der Waals surface area (Å²) in [7, 11) is 1.45. The molecule has 5 nitrogen and oxygen atoms in total. The molecule has 0 aliphatic carbocycles. The molecule has 104 valence electrons. The number of carbonyl (C=O) groups excluding carboxylic acids is 1. The third-order valence-corrected chi connectivity index (χ3v) is 3.34. The van der Waals surface area contributed by atoms with Gasteiger partial charge < -0.3 is 19.9 Å². The third-order valence-electron chi connectivity index (χ3n) is 3.34. The monoisotopic (exact) mass is 265 g/mol. The first-order chi connectivity index (χ1) is 9.13. The molecule has 2 atom stereocenters. The molecular weight excluding hydrogens is 246 g/mol. The summed E-state index contributed by atoms with van der Waals surface area (Å²) in [4.78, 5) is 12.1. The Balaban J connectivity index is 2.07. The molecule has 1 aliphatic heterocycles. The molecule has 1 aromatic rings. The Hall–Kier alpha value is -1.75. The second-order valence-corrected chi connectivity index (χ2v) is 4.67. The van der Waals surface area contributed by atoms with Crippen LogP contribution in [-0.2, 0) is 4.74 Å². The van der Waals surface area contributed by atoms with Gasteiger partial charge in [-0.2, -0.15) is 0 Å². The zero-order chi connectivity index (χ0) is 13.8. The van der Waals surface area contributed by atoms with Gasteiger partial charge >= 0.3 is 0 Å². The number of rotatable bonds is 4. The van der Waals surface area contributed by atoms with E-state index in [4.69, 9.17) is 9.47 Å². The highest BCUT2D eigenvalue weighted by molar-refractivity contribution is 5.97. The smallest absolute Gasteiger partial charge is 0.255 e. The van der Waals surface area contributed by atoms with Crippen LogP contribution in [0.4, 0.5) is 0 Å². The highest BCUT2D eigenvalue weighted by Crippen LogP contribution is 2.29. The molecule has 5 heteroatoms. The average molecular weight is 265 g/mol. The minimum absolute atomic E-state index is 0.0525. The highest BCUT2D eigenvalue weighted by Gasteiger charge is 2.25. The van der Waals surface area contributed by atoms with E-state index in [0.717, 1.165) is 19.4 Å². The Morgan fingerprint density at radius 2 is 2.37 bits per heavy atom. The molecule has 0 aromatic heterocycles. The molecule has 2 N–H and O–H groups in total. The molecule has 2 unspecified atom stereocenters. The lowest BCUT2D eigenvalue weighted by atomic mass is 10.1. The predicted octanol–water partition coefficient (Wildman–Crippen LogP) is 1.70. The lowest BCUT2D eigenvalue weighted by molar-refractivity contribution is 0.0710. The van der Waals surface area contributed by atoms with E-state index in [1.165, 1.54) is 7.11 Å². The van der Waals surface area contributed by atoms with Crippen LogP contribution in [-0.4, -0.2) is 36.9 Å². The molecule has 1 saturated heterocycles. The van der Waals surface area contributed by atoms with E-state index < -0.39 is 0 Å². The fourth-order valence-electron chi connectivity index (χ4n) is 2.24. The van der Waals surface area contributed by atoms with Crippen LogP contribution in [0.15, 0.2) is 18.2 Å². The van der Waals surface area contributed by atoms with Crippen LogP contribution in [0.5, 0.6) is 11.5 Å². The van der Waals surface area contributed by atoms with Gasteiger partial charge in [0.2, 0.25) is 0 Å². The van der Waals surface area contributed by atoms with Crippen LogP contribution in [0.2, 0.25) is 0 Å². The first-order valence-electron chi connectivity index (χ1n) is 6.42. The van der Waals surface area contributed by atoms with Crippen molar-refractivity contribution in [3.63, 3.8) is 0 Å². The van der Waals surface area contributed by atoms with E-state index in [0.29, 0.717) is 0 Å². The van der Waals surface area contributed by atoms with E-state index in [1.807, 2.05) is 6.92 Å². The molecule has 1 aromatic carbocycles. The van der Waals surface area contributed by atoms with Gasteiger partial charge in [-0.1, -0.05) is 6.07 Å². The van der Waals surface area contributed by atoms with Gasteiger partial charge in [-0.05, 0) is 31.9 Å². The van der Waals surface area contributed by atoms with Crippen LogP contribution in [0, 0.1) is 0 Å². The van der Waals surface area contributed by atoms with Crippen molar-refractivity contribution in [2.24, 2.45) is 0 Å². The minimum atomic E-state index is -0.320. The number of hydrogen-bond acceptors (Lipinski definition) is 4. The number of phenols is 1. The molecule has 1 fully saturated rings. The minimum Gasteiger partial charge on any atom is -0.504 e. The number of hydrogen-bond donors (Lipinski definition) is 2. The molecule has 0 spiro atoms. The molecule has 1 heterocycles. The van der Waals surface area contributed by atoms with Gasteiger partial charge in [0.25, 0.3) is 5.91 Å². The van der Waals surface area contributed by atoms with Crippen LogP contribution < -0.4 is 10.1 Å². The van der Waals surface area contributed by atoms with Crippen molar-refractivity contribution in [1.82, 2.24) is 5.32 Å². The van der Waals surface area contributed by atoms with Crippen molar-refractivity contribution >= 4 is 5.91 Å². The lowest BCUT2D eigenvalue weighted by Gasteiger charge is -2.20. The quantitative estimate of drug-likeness (QED) is 0.869. The second-order valence-electron chi connectivity index (χ2n) is 4.67. The third kappa shape index (κ3) is 2.98. The number of para-hydroxylation sites is 1. The maximum Gasteiger partial charge on any atom is 0.255 e. The number of carbonyl (C=O) groups is 1. The second kappa shape index (κ2) is 5.93. The fraction of sp³-hybridized carbons (Fsp3) is 0.500. The van der Waals surface area contributed by atoms with E-state index in [-0.39, 0.29) is 35.1 Å². The fourth-order valence-corrected chi connectivity index (χ4v) is 2.24. The van der Waals surface area contributed by atoms with Crippen LogP contribution in [0.25, 0.3) is 0 Å². The lowest BCUT2D eigenvalue weighted by Crippen LogP contribution is -2.40. The summed E-state index contributed by atoms with van der Waals surface area (Å²) in [5.74, 6) is -0.168. The summed E-state index contributed by atoms with van der Waals surface area (Å²) in [5, 5.41) is 12.8. The van der Waals surface area contributed by atoms with E-state index in [9.17, 15) is 9.90 Å². The number of aromatic hydroxyl groups is 1. The molecular formula is C14H19NO4. The molecule has 0 radical (unpaired) electrons. The summed E-state index contributed by atoms with van der Waals surface area (Å²) in [5.41, 5.74) is 0.212. The Kier molecular flexibility index (Phi) is 4.27. The van der Waals surface area contributed by atoms with Crippen LogP contribution in [0.1, 0.15) is 30.1 Å². The Morgan fingerprint density at radius 3 is 3.00 bits per heavy atom. The highest BCUT2D eigenvalue weighted by atomic mass is 16.5. The standard InChI is InChI=1S/C14H19NO4/c1-9(11-7-4-8-19-11)15-14(17)10-5-3-6-12(18-2)13(10)16/h3,5-6,9,11,16H,4,7-8H2,1-2H3,(H,15,17). The summed E-state index contributed by atoms with van der Waals surface area (Å²) in [6.45, 7) is 2.65.